The highest BCUT2D eigenvalue weighted by Crippen LogP contribution is 2.28. The number of anilines is 1. The van der Waals surface area contributed by atoms with Gasteiger partial charge in [0.1, 0.15) is 0 Å². The summed E-state index contributed by atoms with van der Waals surface area (Å²) in [4.78, 5) is 2.31. The number of hydrogen-bond donors (Lipinski definition) is 1. The number of nitrogens with zero attached hydrogens (tertiary/aromatic N) is 1. The number of hydrogen-bond acceptors (Lipinski definition) is 2. The van der Waals surface area contributed by atoms with Crippen LogP contribution in [0.3, 0.4) is 0 Å². The van der Waals surface area contributed by atoms with Crippen molar-refractivity contribution in [3.05, 3.63) is 64.1 Å². The van der Waals surface area contributed by atoms with E-state index in [2.05, 4.69) is 65.0 Å². The molecule has 0 heterocycles. The van der Waals surface area contributed by atoms with Gasteiger partial charge in [-0.1, -0.05) is 52.3 Å². The molecule has 0 aliphatic rings. The van der Waals surface area contributed by atoms with Crippen molar-refractivity contribution in [2.75, 3.05) is 4.90 Å². The molecule has 0 saturated carbocycles. The van der Waals surface area contributed by atoms with Crippen molar-refractivity contribution in [3.63, 3.8) is 0 Å². The van der Waals surface area contributed by atoms with E-state index in [4.69, 9.17) is 0 Å². The lowest BCUT2D eigenvalue weighted by molar-refractivity contribution is 0.282. The van der Waals surface area contributed by atoms with Crippen LogP contribution < -0.4 is 4.90 Å². The fraction of sp³-hybridized carbons (Fsp3) is 0.294. The number of aliphatic hydroxyl groups excluding tert-OH is 1. The zero-order chi connectivity index (χ0) is 14.5. The van der Waals surface area contributed by atoms with Gasteiger partial charge in [-0.15, -0.1) is 0 Å². The quantitative estimate of drug-likeness (QED) is 0.878. The molecule has 0 fully saturated rings. The maximum absolute atomic E-state index is 9.56. The molecule has 0 spiro atoms. The third-order valence-corrected chi connectivity index (χ3v) is 3.84. The van der Waals surface area contributed by atoms with E-state index in [9.17, 15) is 5.11 Å². The van der Waals surface area contributed by atoms with Crippen LogP contribution in [0, 0.1) is 0 Å². The topological polar surface area (TPSA) is 23.5 Å². The molecule has 106 valence electrons. The van der Waals surface area contributed by atoms with E-state index in [1.165, 1.54) is 5.56 Å². The molecule has 0 amide bonds. The molecule has 0 aliphatic heterocycles. The second-order valence-electron chi connectivity index (χ2n) is 5.14. The normalized spacial score (nSPS) is 10.8. The van der Waals surface area contributed by atoms with Gasteiger partial charge in [0.2, 0.25) is 0 Å². The van der Waals surface area contributed by atoms with Crippen molar-refractivity contribution in [2.24, 2.45) is 0 Å². The van der Waals surface area contributed by atoms with Crippen molar-refractivity contribution in [2.45, 2.75) is 33.0 Å². The third kappa shape index (κ3) is 3.62. The Morgan fingerprint density at radius 3 is 2.40 bits per heavy atom. The summed E-state index contributed by atoms with van der Waals surface area (Å²) < 4.78 is 1.03. The second kappa shape index (κ2) is 6.91. The van der Waals surface area contributed by atoms with Crippen LogP contribution in [-0.4, -0.2) is 11.1 Å². The van der Waals surface area contributed by atoms with Gasteiger partial charge in [-0.3, -0.25) is 0 Å². The zero-order valence-electron chi connectivity index (χ0n) is 11.9. The zero-order valence-corrected chi connectivity index (χ0v) is 13.5. The molecule has 2 rings (SSSR count). The first-order chi connectivity index (χ1) is 9.61. The van der Waals surface area contributed by atoms with Crippen LogP contribution in [0.25, 0.3) is 0 Å². The molecule has 0 aromatic heterocycles. The van der Waals surface area contributed by atoms with Gasteiger partial charge in [-0.2, -0.15) is 0 Å². The predicted molar refractivity (Wildman–Crippen MR) is 87.8 cm³/mol. The van der Waals surface area contributed by atoms with Crippen molar-refractivity contribution in [3.8, 4) is 0 Å². The van der Waals surface area contributed by atoms with E-state index in [0.717, 1.165) is 22.3 Å². The highest BCUT2D eigenvalue weighted by Gasteiger charge is 2.15. The molecule has 2 aromatic rings. The first kappa shape index (κ1) is 15.1. The molecule has 1 N–H and O–H groups in total. The molecular formula is C17H20BrNO. The summed E-state index contributed by atoms with van der Waals surface area (Å²) >= 11 is 3.52. The lowest BCUT2D eigenvalue weighted by Gasteiger charge is -2.31. The van der Waals surface area contributed by atoms with Crippen LogP contribution in [-0.2, 0) is 13.2 Å². The highest BCUT2D eigenvalue weighted by atomic mass is 79.9. The SMILES string of the molecule is CC(C)N(Cc1ccccc1)c1cc(Br)ccc1CO. The molecule has 20 heavy (non-hydrogen) atoms. The maximum atomic E-state index is 9.56. The fourth-order valence-corrected chi connectivity index (χ4v) is 2.61. The van der Waals surface area contributed by atoms with Gasteiger partial charge in [0.05, 0.1) is 6.61 Å². The fourth-order valence-electron chi connectivity index (χ4n) is 2.26. The summed E-state index contributed by atoms with van der Waals surface area (Å²) in [7, 11) is 0. The van der Waals surface area contributed by atoms with E-state index in [0.29, 0.717) is 6.04 Å². The molecule has 2 aromatic carbocycles. The Labute approximate surface area is 129 Å². The van der Waals surface area contributed by atoms with Crippen molar-refractivity contribution < 1.29 is 5.11 Å². The van der Waals surface area contributed by atoms with Gasteiger partial charge in [-0.25, -0.2) is 0 Å². The van der Waals surface area contributed by atoms with Crippen LogP contribution in [0.15, 0.2) is 53.0 Å². The molecule has 2 nitrogen and oxygen atoms in total. The lowest BCUT2D eigenvalue weighted by atomic mass is 10.1. The van der Waals surface area contributed by atoms with Crippen LogP contribution in [0.2, 0.25) is 0 Å². The maximum Gasteiger partial charge on any atom is 0.0702 e. The molecule has 0 bridgehead atoms. The van der Waals surface area contributed by atoms with Gasteiger partial charge in [0.15, 0.2) is 0 Å². The standard InChI is InChI=1S/C17H20BrNO/c1-13(2)19(11-14-6-4-3-5-7-14)17-10-16(18)9-8-15(17)12-20/h3-10,13,20H,11-12H2,1-2H3. The minimum atomic E-state index is 0.0562. The van der Waals surface area contributed by atoms with Gasteiger partial charge in [0.25, 0.3) is 0 Å². The number of aliphatic hydroxyl groups is 1. The number of halogens is 1. The van der Waals surface area contributed by atoms with Gasteiger partial charge < -0.3 is 10.0 Å². The van der Waals surface area contributed by atoms with E-state index < -0.39 is 0 Å². The van der Waals surface area contributed by atoms with E-state index in [-0.39, 0.29) is 6.61 Å². The Morgan fingerprint density at radius 1 is 1.10 bits per heavy atom. The number of rotatable bonds is 5. The lowest BCUT2D eigenvalue weighted by Crippen LogP contribution is -2.31. The Balaban J connectivity index is 2.36. The molecule has 3 heteroatoms. The Bertz CT molecular complexity index is 554. The van der Waals surface area contributed by atoms with Crippen molar-refractivity contribution in [1.29, 1.82) is 0 Å². The molecule has 0 aliphatic carbocycles. The minimum absolute atomic E-state index is 0.0562. The summed E-state index contributed by atoms with van der Waals surface area (Å²) in [6.45, 7) is 5.23. The average Bonchev–Trinajstić information content (AvgIpc) is 2.45. The minimum Gasteiger partial charge on any atom is -0.392 e. The third-order valence-electron chi connectivity index (χ3n) is 3.35. The van der Waals surface area contributed by atoms with Crippen LogP contribution in [0.5, 0.6) is 0 Å². The van der Waals surface area contributed by atoms with E-state index in [1.54, 1.807) is 0 Å². The van der Waals surface area contributed by atoms with E-state index >= 15 is 0 Å². The van der Waals surface area contributed by atoms with Crippen LogP contribution >= 0.6 is 15.9 Å². The first-order valence-corrected chi connectivity index (χ1v) is 7.61. The van der Waals surface area contributed by atoms with Gasteiger partial charge in [0, 0.05) is 28.3 Å². The largest absolute Gasteiger partial charge is 0.392 e. The monoisotopic (exact) mass is 333 g/mol. The summed E-state index contributed by atoms with van der Waals surface area (Å²) in [6.07, 6.45) is 0. The molecular weight excluding hydrogens is 314 g/mol. The van der Waals surface area contributed by atoms with E-state index in [1.807, 2.05) is 18.2 Å². The molecule has 0 saturated heterocycles. The Hall–Kier alpha value is -1.32. The number of benzene rings is 2. The second-order valence-corrected chi connectivity index (χ2v) is 6.05. The van der Waals surface area contributed by atoms with Crippen molar-refractivity contribution >= 4 is 21.6 Å². The molecule has 0 radical (unpaired) electrons. The van der Waals surface area contributed by atoms with Crippen LogP contribution in [0.1, 0.15) is 25.0 Å². The molecule has 0 atom stereocenters. The molecule has 0 unspecified atom stereocenters. The summed E-state index contributed by atoms with van der Waals surface area (Å²) in [5.74, 6) is 0. The van der Waals surface area contributed by atoms with Gasteiger partial charge >= 0.3 is 0 Å². The van der Waals surface area contributed by atoms with Crippen molar-refractivity contribution in [1.82, 2.24) is 0 Å². The Morgan fingerprint density at radius 2 is 1.80 bits per heavy atom. The summed E-state index contributed by atoms with van der Waals surface area (Å²) in [5, 5.41) is 9.56. The summed E-state index contributed by atoms with van der Waals surface area (Å²) in [5.41, 5.74) is 3.31. The first-order valence-electron chi connectivity index (χ1n) is 6.81. The average molecular weight is 334 g/mol. The highest BCUT2D eigenvalue weighted by molar-refractivity contribution is 9.10. The van der Waals surface area contributed by atoms with Gasteiger partial charge in [-0.05, 0) is 31.5 Å². The van der Waals surface area contributed by atoms with Crippen LogP contribution in [0.4, 0.5) is 5.69 Å². The summed E-state index contributed by atoms with van der Waals surface area (Å²) in [6, 6.07) is 16.8. The predicted octanol–water partition coefficient (Wildman–Crippen LogP) is 4.36. The Kier molecular flexibility index (Phi) is 5.21. The smallest absolute Gasteiger partial charge is 0.0702 e.